The molecular formula is C12H10F3N3O2. The van der Waals surface area contributed by atoms with E-state index in [-0.39, 0.29) is 11.7 Å². The smallest absolute Gasteiger partial charge is 0.375 e. The van der Waals surface area contributed by atoms with E-state index in [2.05, 4.69) is 10.1 Å². The minimum absolute atomic E-state index is 0.0619. The van der Waals surface area contributed by atoms with Gasteiger partial charge in [0.1, 0.15) is 17.3 Å². The Hall–Kier alpha value is -2.38. The summed E-state index contributed by atoms with van der Waals surface area (Å²) in [5.41, 5.74) is -0.657. The van der Waals surface area contributed by atoms with Gasteiger partial charge in [-0.05, 0) is 0 Å². The predicted molar refractivity (Wildman–Crippen MR) is 62.3 cm³/mol. The molecule has 0 amide bonds. The molecule has 20 heavy (non-hydrogen) atoms. The highest BCUT2D eigenvalue weighted by Crippen LogP contribution is 2.23. The SMILES string of the molecule is CC(C)c1nc(C(=O)O)nn1-c1c(F)cc(F)cc1F. The number of hydrogen-bond donors (Lipinski definition) is 1. The molecule has 2 aromatic rings. The van der Waals surface area contributed by atoms with Crippen LogP contribution in [0, 0.1) is 17.5 Å². The Morgan fingerprint density at radius 3 is 2.25 bits per heavy atom. The zero-order chi connectivity index (χ0) is 15.0. The Morgan fingerprint density at radius 1 is 1.25 bits per heavy atom. The summed E-state index contributed by atoms with van der Waals surface area (Å²) in [6.45, 7) is 3.32. The van der Waals surface area contributed by atoms with Crippen molar-refractivity contribution in [2.24, 2.45) is 0 Å². The molecule has 0 radical (unpaired) electrons. The second-order valence-electron chi connectivity index (χ2n) is 4.38. The van der Waals surface area contributed by atoms with Gasteiger partial charge >= 0.3 is 5.97 Å². The van der Waals surface area contributed by atoms with Crippen LogP contribution in [0.2, 0.25) is 0 Å². The van der Waals surface area contributed by atoms with Gasteiger partial charge in [0, 0.05) is 18.1 Å². The van der Waals surface area contributed by atoms with E-state index in [4.69, 9.17) is 5.11 Å². The van der Waals surface area contributed by atoms with Gasteiger partial charge in [-0.3, -0.25) is 0 Å². The first-order valence-electron chi connectivity index (χ1n) is 5.66. The van der Waals surface area contributed by atoms with Crippen LogP contribution in [0.4, 0.5) is 13.2 Å². The number of carboxylic acids is 1. The average molecular weight is 285 g/mol. The van der Waals surface area contributed by atoms with Crippen molar-refractivity contribution in [1.29, 1.82) is 0 Å². The molecule has 1 aromatic heterocycles. The number of benzene rings is 1. The van der Waals surface area contributed by atoms with Crippen LogP contribution in [-0.2, 0) is 0 Å². The number of carboxylic acid groups (broad SMARTS) is 1. The zero-order valence-corrected chi connectivity index (χ0v) is 10.6. The second kappa shape index (κ2) is 4.95. The van der Waals surface area contributed by atoms with Crippen molar-refractivity contribution in [3.63, 3.8) is 0 Å². The van der Waals surface area contributed by atoms with Crippen LogP contribution in [0.5, 0.6) is 0 Å². The standard InChI is InChI=1S/C12H10F3N3O2/c1-5(2)11-16-10(12(19)20)17-18(11)9-7(14)3-6(13)4-8(9)15/h3-5H,1-2H3,(H,19,20). The number of rotatable bonds is 3. The lowest BCUT2D eigenvalue weighted by Gasteiger charge is -2.10. The first-order chi connectivity index (χ1) is 9.31. The third-order valence-corrected chi connectivity index (χ3v) is 2.53. The van der Waals surface area contributed by atoms with Crippen LogP contribution >= 0.6 is 0 Å². The molecule has 0 unspecified atom stereocenters. The molecule has 0 bridgehead atoms. The van der Waals surface area contributed by atoms with Crippen molar-refractivity contribution in [2.45, 2.75) is 19.8 Å². The minimum atomic E-state index is -1.42. The summed E-state index contributed by atoms with van der Waals surface area (Å²) in [7, 11) is 0. The molecule has 106 valence electrons. The molecule has 1 N–H and O–H groups in total. The Balaban J connectivity index is 2.72. The van der Waals surface area contributed by atoms with Crippen LogP contribution in [0.15, 0.2) is 12.1 Å². The van der Waals surface area contributed by atoms with Gasteiger partial charge < -0.3 is 5.11 Å². The lowest BCUT2D eigenvalue weighted by atomic mass is 10.2. The molecule has 0 fully saturated rings. The van der Waals surface area contributed by atoms with Gasteiger partial charge in [-0.15, -0.1) is 5.10 Å². The van der Waals surface area contributed by atoms with Crippen molar-refractivity contribution >= 4 is 5.97 Å². The molecule has 0 saturated heterocycles. The monoisotopic (exact) mass is 285 g/mol. The highest BCUT2D eigenvalue weighted by atomic mass is 19.1. The third kappa shape index (κ3) is 2.36. The van der Waals surface area contributed by atoms with Gasteiger partial charge in [-0.2, -0.15) is 0 Å². The maximum atomic E-state index is 13.7. The van der Waals surface area contributed by atoms with Gasteiger partial charge in [0.05, 0.1) is 0 Å². The van der Waals surface area contributed by atoms with Gasteiger partial charge in [0.25, 0.3) is 5.82 Å². The maximum absolute atomic E-state index is 13.7. The van der Waals surface area contributed by atoms with E-state index in [1.54, 1.807) is 13.8 Å². The summed E-state index contributed by atoms with van der Waals surface area (Å²) >= 11 is 0. The highest BCUT2D eigenvalue weighted by molar-refractivity contribution is 5.83. The fourth-order valence-electron chi connectivity index (χ4n) is 1.69. The van der Waals surface area contributed by atoms with Crippen molar-refractivity contribution in [3.05, 3.63) is 41.2 Å². The molecule has 1 heterocycles. The summed E-state index contributed by atoms with van der Waals surface area (Å²) in [5.74, 6) is -5.73. The number of carbonyl (C=O) groups is 1. The van der Waals surface area contributed by atoms with Gasteiger partial charge in [0.2, 0.25) is 0 Å². The van der Waals surface area contributed by atoms with Crippen LogP contribution in [0.3, 0.4) is 0 Å². The van der Waals surface area contributed by atoms with E-state index >= 15 is 0 Å². The Kier molecular flexibility index (Phi) is 3.47. The summed E-state index contributed by atoms with van der Waals surface area (Å²) in [6, 6.07) is 0.981. The molecule has 0 spiro atoms. The summed E-state index contributed by atoms with van der Waals surface area (Å²) in [5, 5.41) is 12.4. The van der Waals surface area contributed by atoms with E-state index in [1.165, 1.54) is 0 Å². The number of nitrogens with zero attached hydrogens (tertiary/aromatic N) is 3. The fourth-order valence-corrected chi connectivity index (χ4v) is 1.69. The number of aromatic nitrogens is 3. The number of halogens is 3. The quantitative estimate of drug-likeness (QED) is 0.940. The molecule has 0 aliphatic rings. The Labute approximate surface area is 111 Å². The van der Waals surface area contributed by atoms with Crippen molar-refractivity contribution in [2.75, 3.05) is 0 Å². The van der Waals surface area contributed by atoms with Crippen LogP contribution < -0.4 is 0 Å². The Morgan fingerprint density at radius 2 is 1.80 bits per heavy atom. The van der Waals surface area contributed by atoms with Gasteiger partial charge in [-0.1, -0.05) is 13.8 Å². The molecule has 0 aliphatic heterocycles. The molecule has 0 atom stereocenters. The van der Waals surface area contributed by atoms with E-state index in [0.29, 0.717) is 12.1 Å². The van der Waals surface area contributed by atoms with Crippen LogP contribution in [0.1, 0.15) is 36.2 Å². The lowest BCUT2D eigenvalue weighted by Crippen LogP contribution is -2.10. The van der Waals surface area contributed by atoms with E-state index in [1.807, 2.05) is 0 Å². The van der Waals surface area contributed by atoms with Crippen molar-refractivity contribution in [3.8, 4) is 5.69 Å². The second-order valence-corrected chi connectivity index (χ2v) is 4.38. The molecular weight excluding hydrogens is 275 g/mol. The summed E-state index contributed by atoms with van der Waals surface area (Å²) < 4.78 is 41.1. The number of hydrogen-bond acceptors (Lipinski definition) is 3. The summed E-state index contributed by atoms with van der Waals surface area (Å²) in [4.78, 5) is 14.6. The first kappa shape index (κ1) is 14.0. The molecule has 0 saturated carbocycles. The van der Waals surface area contributed by atoms with Gasteiger partial charge in [-0.25, -0.2) is 27.6 Å². The maximum Gasteiger partial charge on any atom is 0.375 e. The Bertz CT molecular complexity index is 660. The molecule has 2 rings (SSSR count). The molecule has 8 heteroatoms. The van der Waals surface area contributed by atoms with Crippen molar-refractivity contribution in [1.82, 2.24) is 14.8 Å². The van der Waals surface area contributed by atoms with E-state index < -0.39 is 34.9 Å². The lowest BCUT2D eigenvalue weighted by molar-refractivity contribution is 0.0683. The molecule has 1 aromatic carbocycles. The topological polar surface area (TPSA) is 68.0 Å². The van der Waals surface area contributed by atoms with E-state index in [0.717, 1.165) is 4.68 Å². The molecule has 0 aliphatic carbocycles. The third-order valence-electron chi connectivity index (χ3n) is 2.53. The zero-order valence-electron chi connectivity index (χ0n) is 10.6. The fraction of sp³-hybridized carbons (Fsp3) is 0.250. The number of aromatic carboxylic acids is 1. The average Bonchev–Trinajstić information content (AvgIpc) is 2.72. The summed E-state index contributed by atoms with van der Waals surface area (Å²) in [6.07, 6.45) is 0. The highest BCUT2D eigenvalue weighted by Gasteiger charge is 2.23. The minimum Gasteiger partial charge on any atom is -0.475 e. The first-order valence-corrected chi connectivity index (χ1v) is 5.66. The normalized spacial score (nSPS) is 11.1. The molecule has 5 nitrogen and oxygen atoms in total. The van der Waals surface area contributed by atoms with E-state index in [9.17, 15) is 18.0 Å². The van der Waals surface area contributed by atoms with Crippen molar-refractivity contribution < 1.29 is 23.1 Å². The van der Waals surface area contributed by atoms with Crippen LogP contribution in [-0.4, -0.2) is 25.8 Å². The largest absolute Gasteiger partial charge is 0.475 e. The van der Waals surface area contributed by atoms with Crippen LogP contribution in [0.25, 0.3) is 5.69 Å². The predicted octanol–water partition coefficient (Wildman–Crippen LogP) is 2.51. The van der Waals surface area contributed by atoms with Gasteiger partial charge in [0.15, 0.2) is 11.6 Å².